The van der Waals surface area contributed by atoms with Crippen LogP contribution >= 0.6 is 0 Å². The van der Waals surface area contributed by atoms with Crippen LogP contribution in [0.25, 0.3) is 0 Å². The fourth-order valence-electron chi connectivity index (χ4n) is 4.16. The number of hydrogen-bond donors (Lipinski definition) is 1. The number of halogens is 1. The lowest BCUT2D eigenvalue weighted by atomic mass is 9.88. The third-order valence-corrected chi connectivity index (χ3v) is 5.66. The normalized spacial score (nSPS) is 21.0. The lowest BCUT2D eigenvalue weighted by molar-refractivity contribution is -0.0166. The van der Waals surface area contributed by atoms with Crippen molar-refractivity contribution in [3.63, 3.8) is 0 Å². The van der Waals surface area contributed by atoms with Gasteiger partial charge in [0.2, 0.25) is 0 Å². The highest BCUT2D eigenvalue weighted by Crippen LogP contribution is 2.30. The summed E-state index contributed by atoms with van der Waals surface area (Å²) in [7, 11) is 3.80. The minimum atomic E-state index is -0.200. The Balaban J connectivity index is 1.62. The standard InChI is InChI=1S/C20H31FN4O/c1-22-19(24(2)15-17-6-5-7-18(21)14-17)23-16-20(8-12-26-13-9-20)25-10-3-4-11-25/h5-7,14H,3-4,8-13,15-16H2,1-2H3,(H,22,23). The predicted octanol–water partition coefficient (Wildman–Crippen LogP) is 2.48. The lowest BCUT2D eigenvalue weighted by Crippen LogP contribution is -2.58. The molecule has 0 bridgehead atoms. The molecule has 2 aliphatic rings. The minimum absolute atomic E-state index is 0.157. The molecule has 1 aromatic carbocycles. The van der Waals surface area contributed by atoms with Crippen LogP contribution in [0.15, 0.2) is 29.3 Å². The molecule has 0 amide bonds. The van der Waals surface area contributed by atoms with E-state index in [1.807, 2.05) is 18.0 Å². The third-order valence-electron chi connectivity index (χ3n) is 5.66. The second kappa shape index (κ2) is 8.82. The summed E-state index contributed by atoms with van der Waals surface area (Å²) in [4.78, 5) is 9.13. The van der Waals surface area contributed by atoms with Gasteiger partial charge in [0.25, 0.3) is 0 Å². The van der Waals surface area contributed by atoms with Gasteiger partial charge in [-0.15, -0.1) is 0 Å². The van der Waals surface area contributed by atoms with Crippen molar-refractivity contribution in [1.82, 2.24) is 15.1 Å². The van der Waals surface area contributed by atoms with E-state index in [9.17, 15) is 4.39 Å². The zero-order chi connectivity index (χ0) is 18.4. The van der Waals surface area contributed by atoms with E-state index in [0.29, 0.717) is 6.54 Å². The fraction of sp³-hybridized carbons (Fsp3) is 0.650. The SMILES string of the molecule is CN=C(NCC1(N2CCCC2)CCOCC1)N(C)Cc1cccc(F)c1. The molecule has 0 radical (unpaired) electrons. The first-order valence-electron chi connectivity index (χ1n) is 9.62. The summed E-state index contributed by atoms with van der Waals surface area (Å²) >= 11 is 0. The number of nitrogens with zero attached hydrogens (tertiary/aromatic N) is 3. The van der Waals surface area contributed by atoms with Crippen LogP contribution in [0, 0.1) is 5.82 Å². The number of nitrogens with one attached hydrogen (secondary N) is 1. The highest BCUT2D eigenvalue weighted by atomic mass is 19.1. The van der Waals surface area contributed by atoms with Crippen LogP contribution in [0.2, 0.25) is 0 Å². The number of ether oxygens (including phenoxy) is 1. The van der Waals surface area contributed by atoms with Crippen LogP contribution in [-0.2, 0) is 11.3 Å². The largest absolute Gasteiger partial charge is 0.381 e. The van der Waals surface area contributed by atoms with Crippen molar-refractivity contribution in [3.05, 3.63) is 35.6 Å². The summed E-state index contributed by atoms with van der Waals surface area (Å²) in [5.74, 6) is 0.647. The van der Waals surface area contributed by atoms with E-state index in [-0.39, 0.29) is 11.4 Å². The minimum Gasteiger partial charge on any atom is -0.381 e. The first-order valence-corrected chi connectivity index (χ1v) is 9.62. The molecule has 26 heavy (non-hydrogen) atoms. The molecule has 0 unspecified atom stereocenters. The topological polar surface area (TPSA) is 40.1 Å². The molecule has 1 aromatic rings. The molecule has 0 saturated carbocycles. The molecular formula is C20H31FN4O. The van der Waals surface area contributed by atoms with Crippen LogP contribution < -0.4 is 5.32 Å². The summed E-state index contributed by atoms with van der Waals surface area (Å²) < 4.78 is 19.1. The highest BCUT2D eigenvalue weighted by molar-refractivity contribution is 5.79. The maximum Gasteiger partial charge on any atom is 0.193 e. The van der Waals surface area contributed by atoms with Crippen molar-refractivity contribution in [1.29, 1.82) is 0 Å². The number of hydrogen-bond acceptors (Lipinski definition) is 3. The van der Waals surface area contributed by atoms with Gasteiger partial charge in [-0.3, -0.25) is 9.89 Å². The molecule has 0 aromatic heterocycles. The molecule has 2 saturated heterocycles. The Hall–Kier alpha value is -1.66. The first kappa shape index (κ1) is 19.1. The molecule has 0 atom stereocenters. The summed E-state index contributed by atoms with van der Waals surface area (Å²) in [5, 5.41) is 3.58. The van der Waals surface area contributed by atoms with Gasteiger partial charge in [-0.2, -0.15) is 0 Å². The van der Waals surface area contributed by atoms with Crippen LogP contribution in [-0.4, -0.2) is 68.2 Å². The molecule has 0 aliphatic carbocycles. The fourth-order valence-corrected chi connectivity index (χ4v) is 4.16. The molecule has 3 rings (SSSR count). The van der Waals surface area contributed by atoms with Crippen LogP contribution in [0.4, 0.5) is 4.39 Å². The molecule has 144 valence electrons. The number of aliphatic imine (C=N–C) groups is 1. The van der Waals surface area contributed by atoms with Crippen molar-refractivity contribution in [3.8, 4) is 0 Å². The van der Waals surface area contributed by atoms with Crippen molar-refractivity contribution in [2.24, 2.45) is 4.99 Å². The highest BCUT2D eigenvalue weighted by Gasteiger charge is 2.39. The second-order valence-electron chi connectivity index (χ2n) is 7.42. The lowest BCUT2D eigenvalue weighted by Gasteiger charge is -2.45. The summed E-state index contributed by atoms with van der Waals surface area (Å²) in [6.07, 6.45) is 4.70. The molecule has 2 heterocycles. The van der Waals surface area contributed by atoms with Crippen LogP contribution in [0.5, 0.6) is 0 Å². The van der Waals surface area contributed by atoms with E-state index in [0.717, 1.165) is 44.1 Å². The average Bonchev–Trinajstić information content (AvgIpc) is 3.18. The van der Waals surface area contributed by atoms with Gasteiger partial charge in [0, 0.05) is 45.9 Å². The van der Waals surface area contributed by atoms with Crippen LogP contribution in [0.3, 0.4) is 0 Å². The van der Waals surface area contributed by atoms with Gasteiger partial charge >= 0.3 is 0 Å². The Labute approximate surface area is 156 Å². The summed E-state index contributed by atoms with van der Waals surface area (Å²) in [6, 6.07) is 6.74. The zero-order valence-corrected chi connectivity index (χ0v) is 16.0. The van der Waals surface area contributed by atoms with Gasteiger partial charge in [-0.05, 0) is 56.5 Å². The van der Waals surface area contributed by atoms with Gasteiger partial charge in [-0.1, -0.05) is 12.1 Å². The number of rotatable bonds is 5. The van der Waals surface area contributed by atoms with E-state index in [1.54, 1.807) is 19.2 Å². The summed E-state index contributed by atoms with van der Waals surface area (Å²) in [6.45, 7) is 5.51. The Morgan fingerprint density at radius 2 is 2.04 bits per heavy atom. The summed E-state index contributed by atoms with van der Waals surface area (Å²) in [5.41, 5.74) is 1.10. The van der Waals surface area contributed by atoms with E-state index < -0.39 is 0 Å². The third kappa shape index (κ3) is 4.54. The van der Waals surface area contributed by atoms with Gasteiger partial charge < -0.3 is 15.0 Å². The average molecular weight is 362 g/mol. The molecule has 2 fully saturated rings. The van der Waals surface area contributed by atoms with E-state index >= 15 is 0 Å². The Bertz CT molecular complexity index is 610. The van der Waals surface area contributed by atoms with Crippen molar-refractivity contribution >= 4 is 5.96 Å². The Morgan fingerprint density at radius 3 is 2.69 bits per heavy atom. The van der Waals surface area contributed by atoms with Crippen LogP contribution in [0.1, 0.15) is 31.2 Å². The van der Waals surface area contributed by atoms with E-state index in [4.69, 9.17) is 4.74 Å². The van der Waals surface area contributed by atoms with E-state index in [1.165, 1.54) is 32.0 Å². The van der Waals surface area contributed by atoms with Gasteiger partial charge in [-0.25, -0.2) is 4.39 Å². The number of benzene rings is 1. The molecule has 5 nitrogen and oxygen atoms in total. The predicted molar refractivity (Wildman–Crippen MR) is 103 cm³/mol. The molecule has 0 spiro atoms. The number of guanidine groups is 1. The molecule has 6 heteroatoms. The maximum absolute atomic E-state index is 13.4. The zero-order valence-electron chi connectivity index (χ0n) is 16.0. The van der Waals surface area contributed by atoms with E-state index in [2.05, 4.69) is 15.2 Å². The van der Waals surface area contributed by atoms with Crippen molar-refractivity contribution < 1.29 is 9.13 Å². The van der Waals surface area contributed by atoms with Gasteiger partial charge in [0.05, 0.1) is 0 Å². The Morgan fingerprint density at radius 1 is 1.31 bits per heavy atom. The Kier molecular flexibility index (Phi) is 6.48. The second-order valence-corrected chi connectivity index (χ2v) is 7.42. The molecular weight excluding hydrogens is 331 g/mol. The molecule has 1 N–H and O–H groups in total. The first-order chi connectivity index (χ1) is 12.6. The number of likely N-dealkylation sites (tertiary alicyclic amines) is 1. The van der Waals surface area contributed by atoms with Gasteiger partial charge in [0.15, 0.2) is 5.96 Å². The van der Waals surface area contributed by atoms with Crippen molar-refractivity contribution in [2.75, 3.05) is 46.9 Å². The maximum atomic E-state index is 13.4. The van der Waals surface area contributed by atoms with Crippen molar-refractivity contribution in [2.45, 2.75) is 37.8 Å². The molecule has 2 aliphatic heterocycles. The van der Waals surface area contributed by atoms with Gasteiger partial charge in [0.1, 0.15) is 5.82 Å². The monoisotopic (exact) mass is 362 g/mol. The smallest absolute Gasteiger partial charge is 0.193 e. The quantitative estimate of drug-likeness (QED) is 0.645.